The van der Waals surface area contributed by atoms with E-state index >= 15 is 0 Å². The molecule has 98 valence electrons. The highest BCUT2D eigenvalue weighted by Crippen LogP contribution is 2.34. The summed E-state index contributed by atoms with van der Waals surface area (Å²) in [6.45, 7) is 0. The predicted molar refractivity (Wildman–Crippen MR) is 80.5 cm³/mol. The number of rotatable bonds is 2. The third kappa shape index (κ3) is 2.36. The van der Waals surface area contributed by atoms with Crippen molar-refractivity contribution in [3.8, 4) is 5.75 Å². The minimum Gasteiger partial charge on any atom is -0.507 e. The Labute approximate surface area is 117 Å². The van der Waals surface area contributed by atoms with Crippen LogP contribution in [0.4, 0.5) is 5.69 Å². The zero-order chi connectivity index (χ0) is 13.2. The Hall–Kier alpha value is -1.81. The Morgan fingerprint density at radius 3 is 2.95 bits per heavy atom. The van der Waals surface area contributed by atoms with Crippen molar-refractivity contribution in [2.45, 2.75) is 18.9 Å². The molecule has 1 heterocycles. The van der Waals surface area contributed by atoms with Gasteiger partial charge in [-0.2, -0.15) is 0 Å². The van der Waals surface area contributed by atoms with Crippen LogP contribution in [-0.4, -0.2) is 11.1 Å². The van der Waals surface area contributed by atoms with Gasteiger partial charge in [0.25, 0.3) is 0 Å². The van der Waals surface area contributed by atoms with E-state index in [0.29, 0.717) is 11.5 Å². The molecule has 4 heteroatoms. The number of aliphatic hydroxyl groups is 1. The summed E-state index contributed by atoms with van der Waals surface area (Å²) in [6, 6.07) is 5.43. The van der Waals surface area contributed by atoms with Crippen LogP contribution in [0.2, 0.25) is 0 Å². The minimum atomic E-state index is -0.000725. The van der Waals surface area contributed by atoms with Crippen LogP contribution < -0.4 is 9.50 Å². The van der Waals surface area contributed by atoms with Gasteiger partial charge < -0.3 is 14.6 Å². The van der Waals surface area contributed by atoms with Crippen LogP contribution in [0.5, 0.6) is 5.75 Å². The Kier molecular flexibility index (Phi) is 3.25. The van der Waals surface area contributed by atoms with Crippen LogP contribution in [0.1, 0.15) is 18.4 Å². The molecule has 0 unspecified atom stereocenters. The van der Waals surface area contributed by atoms with Gasteiger partial charge in [-0.3, -0.25) is 0 Å². The molecule has 0 saturated heterocycles. The minimum absolute atomic E-state index is 0.000725. The summed E-state index contributed by atoms with van der Waals surface area (Å²) in [7, 11) is 0. The predicted octanol–water partition coefficient (Wildman–Crippen LogP) is 3.88. The van der Waals surface area contributed by atoms with Gasteiger partial charge in [-0.25, -0.2) is 0 Å². The van der Waals surface area contributed by atoms with Crippen LogP contribution in [0, 0.1) is 0 Å². The summed E-state index contributed by atoms with van der Waals surface area (Å²) in [4.78, 5) is 0. The summed E-state index contributed by atoms with van der Waals surface area (Å²) in [6.07, 6.45) is 10.4. The van der Waals surface area contributed by atoms with Crippen molar-refractivity contribution < 1.29 is 9.29 Å². The second kappa shape index (κ2) is 5.05. The molecule has 1 atom stereocenters. The number of allylic oxidation sites excluding steroid dienone is 2. The first kappa shape index (κ1) is 12.2. The van der Waals surface area contributed by atoms with Crippen LogP contribution in [0.25, 0.3) is 5.76 Å². The Balaban J connectivity index is 1.95. The lowest BCUT2D eigenvalue weighted by Crippen LogP contribution is -2.24. The van der Waals surface area contributed by atoms with E-state index in [-0.39, 0.29) is 6.04 Å². The molecule has 1 aromatic rings. The number of hydrogen-bond donors (Lipinski definition) is 3. The fraction of sp³-hybridized carbons (Fsp3) is 0.200. The number of thiol groups is 1. The number of nitrogens with one attached hydrogen (secondary N) is 1. The van der Waals surface area contributed by atoms with Gasteiger partial charge in [0.1, 0.15) is 11.5 Å². The molecule has 1 aliphatic carbocycles. The topological polar surface area (TPSA) is 41.5 Å². The summed E-state index contributed by atoms with van der Waals surface area (Å²) in [5.41, 5.74) is 2.82. The monoisotopic (exact) mass is 273 g/mol. The highest BCUT2D eigenvalue weighted by atomic mass is 32.1. The number of benzene rings is 1. The SMILES string of the molecule is OC1=C[C@H](C2=CCCC=C2)Nc2cc(OS)ccc21. The van der Waals surface area contributed by atoms with Crippen molar-refractivity contribution in [3.05, 3.63) is 53.6 Å². The maximum absolute atomic E-state index is 10.1. The number of aliphatic hydroxyl groups excluding tert-OH is 1. The molecule has 0 fully saturated rings. The normalized spacial score (nSPS) is 21.0. The lowest BCUT2D eigenvalue weighted by Gasteiger charge is -2.26. The quantitative estimate of drug-likeness (QED) is 0.566. The maximum Gasteiger partial charge on any atom is 0.139 e. The summed E-state index contributed by atoms with van der Waals surface area (Å²) < 4.78 is 4.92. The first-order valence-corrected chi connectivity index (χ1v) is 6.64. The van der Waals surface area contributed by atoms with Gasteiger partial charge in [-0.05, 0) is 36.6 Å². The highest BCUT2D eigenvalue weighted by Gasteiger charge is 2.21. The second-order valence-electron chi connectivity index (χ2n) is 4.66. The smallest absolute Gasteiger partial charge is 0.139 e. The van der Waals surface area contributed by atoms with Crippen molar-refractivity contribution in [2.75, 3.05) is 5.32 Å². The molecule has 2 N–H and O–H groups in total. The molecule has 2 aliphatic rings. The van der Waals surface area contributed by atoms with Gasteiger partial charge in [0.15, 0.2) is 0 Å². The summed E-state index contributed by atoms with van der Waals surface area (Å²) >= 11 is 3.80. The molecule has 1 aromatic carbocycles. The van der Waals surface area contributed by atoms with E-state index < -0.39 is 0 Å². The van der Waals surface area contributed by atoms with Gasteiger partial charge in [-0.15, -0.1) is 0 Å². The molecule has 3 rings (SSSR count). The van der Waals surface area contributed by atoms with E-state index in [9.17, 15) is 5.11 Å². The van der Waals surface area contributed by atoms with Crippen molar-refractivity contribution in [3.63, 3.8) is 0 Å². The fourth-order valence-electron chi connectivity index (χ4n) is 2.42. The number of fused-ring (bicyclic) bond motifs is 1. The molecule has 1 aliphatic heterocycles. The highest BCUT2D eigenvalue weighted by molar-refractivity contribution is 7.75. The Morgan fingerprint density at radius 2 is 2.21 bits per heavy atom. The molecule has 0 saturated carbocycles. The average Bonchev–Trinajstić information content (AvgIpc) is 2.47. The van der Waals surface area contributed by atoms with Gasteiger partial charge in [0, 0.05) is 30.2 Å². The zero-order valence-electron chi connectivity index (χ0n) is 10.3. The third-order valence-corrected chi connectivity index (χ3v) is 3.60. The maximum atomic E-state index is 10.1. The van der Waals surface area contributed by atoms with Crippen molar-refractivity contribution in [2.24, 2.45) is 0 Å². The second-order valence-corrected chi connectivity index (χ2v) is 4.84. The molecule has 0 radical (unpaired) electrons. The van der Waals surface area contributed by atoms with E-state index in [1.54, 1.807) is 6.07 Å². The van der Waals surface area contributed by atoms with Crippen LogP contribution in [-0.2, 0) is 0 Å². The molecule has 0 aromatic heterocycles. The molecular weight excluding hydrogens is 258 g/mol. The van der Waals surface area contributed by atoms with Crippen LogP contribution in [0.15, 0.2) is 48.1 Å². The molecule has 3 nitrogen and oxygen atoms in total. The van der Waals surface area contributed by atoms with Gasteiger partial charge in [0.2, 0.25) is 0 Å². The largest absolute Gasteiger partial charge is 0.507 e. The molecule has 0 bridgehead atoms. The van der Waals surface area contributed by atoms with E-state index in [4.69, 9.17) is 4.18 Å². The first-order chi connectivity index (χ1) is 9.28. The Bertz CT molecular complexity index is 590. The zero-order valence-corrected chi connectivity index (χ0v) is 11.2. The van der Waals surface area contributed by atoms with E-state index in [1.807, 2.05) is 18.2 Å². The van der Waals surface area contributed by atoms with Gasteiger partial charge in [0.05, 0.1) is 6.04 Å². The molecule has 0 spiro atoms. The average molecular weight is 273 g/mol. The van der Waals surface area contributed by atoms with E-state index in [0.717, 1.165) is 24.1 Å². The third-order valence-electron chi connectivity index (χ3n) is 3.39. The van der Waals surface area contributed by atoms with Crippen LogP contribution in [0.3, 0.4) is 0 Å². The lowest BCUT2D eigenvalue weighted by atomic mass is 9.95. The summed E-state index contributed by atoms with van der Waals surface area (Å²) in [5.74, 6) is 0.945. The number of anilines is 1. The van der Waals surface area contributed by atoms with Crippen molar-refractivity contribution in [1.82, 2.24) is 0 Å². The Morgan fingerprint density at radius 1 is 1.32 bits per heavy atom. The summed E-state index contributed by atoms with van der Waals surface area (Å²) in [5, 5.41) is 13.5. The molecular formula is C15H15NO2S. The number of hydrogen-bond acceptors (Lipinski definition) is 4. The van der Waals surface area contributed by atoms with Gasteiger partial charge >= 0.3 is 0 Å². The lowest BCUT2D eigenvalue weighted by molar-refractivity contribution is 0.507. The molecule has 0 amide bonds. The van der Waals surface area contributed by atoms with Crippen LogP contribution >= 0.6 is 12.9 Å². The van der Waals surface area contributed by atoms with Crippen molar-refractivity contribution >= 4 is 24.4 Å². The molecule has 19 heavy (non-hydrogen) atoms. The van der Waals surface area contributed by atoms with E-state index in [2.05, 4.69) is 36.5 Å². The standard InChI is InChI=1S/C15H15NO2S/c17-15-9-13(10-4-2-1-3-5-10)16-14-8-11(18-19)6-7-12(14)15/h2,4-9,13,16-17,19H,1,3H2/t13-/m1/s1. The van der Waals surface area contributed by atoms with Gasteiger partial charge in [-0.1, -0.05) is 18.2 Å². The fourth-order valence-corrected chi connectivity index (χ4v) is 2.54. The van der Waals surface area contributed by atoms with Crippen molar-refractivity contribution in [1.29, 1.82) is 0 Å². The first-order valence-electron chi connectivity index (χ1n) is 6.27. The van der Waals surface area contributed by atoms with E-state index in [1.165, 1.54) is 5.57 Å².